The zero-order valence-corrected chi connectivity index (χ0v) is 19.0. The van der Waals surface area contributed by atoms with Crippen molar-refractivity contribution in [2.24, 2.45) is 5.92 Å². The Labute approximate surface area is 186 Å². The van der Waals surface area contributed by atoms with E-state index in [2.05, 4.69) is 0 Å². The molecule has 1 saturated heterocycles. The van der Waals surface area contributed by atoms with E-state index >= 15 is 0 Å². The summed E-state index contributed by atoms with van der Waals surface area (Å²) in [6, 6.07) is 12.3. The van der Waals surface area contributed by atoms with E-state index < -0.39 is 14.9 Å². The second-order valence-electron chi connectivity index (χ2n) is 8.06. The third kappa shape index (κ3) is 5.13. The van der Waals surface area contributed by atoms with E-state index in [0.29, 0.717) is 37.2 Å². The van der Waals surface area contributed by atoms with Gasteiger partial charge in [-0.1, -0.05) is 18.2 Å². The van der Waals surface area contributed by atoms with Gasteiger partial charge in [0.25, 0.3) is 0 Å². The average Bonchev–Trinajstić information content (AvgIpc) is 3.62. The van der Waals surface area contributed by atoms with E-state index in [0.717, 1.165) is 23.6 Å². The molecule has 0 aromatic heterocycles. The van der Waals surface area contributed by atoms with Crippen molar-refractivity contribution < 1.29 is 22.3 Å². The summed E-state index contributed by atoms with van der Waals surface area (Å²) in [6.45, 7) is 1.13. The summed E-state index contributed by atoms with van der Waals surface area (Å²) in [5, 5.41) is -0.0688. The molecule has 5 nitrogen and oxygen atoms in total. The molecule has 0 amide bonds. The Morgan fingerprint density at radius 3 is 2.29 bits per heavy atom. The van der Waals surface area contributed by atoms with E-state index in [-0.39, 0.29) is 27.7 Å². The molecule has 0 spiro atoms. The van der Waals surface area contributed by atoms with Crippen LogP contribution in [-0.2, 0) is 13.7 Å². The van der Waals surface area contributed by atoms with Crippen molar-refractivity contribution in [2.75, 3.05) is 20.2 Å². The number of hydrogen-bond donors (Lipinski definition) is 0. The Bertz CT molecular complexity index is 1030. The van der Waals surface area contributed by atoms with Crippen molar-refractivity contribution in [1.29, 1.82) is 0 Å². The molecule has 8 heteroatoms. The Morgan fingerprint density at radius 1 is 1.06 bits per heavy atom. The van der Waals surface area contributed by atoms with Crippen LogP contribution in [0.1, 0.15) is 37.3 Å². The van der Waals surface area contributed by atoms with Gasteiger partial charge in [0.1, 0.15) is 11.6 Å². The number of methoxy groups -OCH3 is 1. The minimum atomic E-state index is -3.49. The van der Waals surface area contributed by atoms with Gasteiger partial charge >= 0.3 is 0 Å². The van der Waals surface area contributed by atoms with Crippen molar-refractivity contribution in [2.45, 2.75) is 41.9 Å². The van der Waals surface area contributed by atoms with Gasteiger partial charge < -0.3 is 4.74 Å². The number of ketones is 1. The fourth-order valence-corrected chi connectivity index (χ4v) is 7.69. The first kappa shape index (κ1) is 22.3. The molecule has 0 bridgehead atoms. The molecule has 31 heavy (non-hydrogen) atoms. The van der Waals surface area contributed by atoms with Crippen molar-refractivity contribution in [3.63, 3.8) is 0 Å². The van der Waals surface area contributed by atoms with E-state index in [4.69, 9.17) is 4.74 Å². The summed E-state index contributed by atoms with van der Waals surface area (Å²) in [4.78, 5) is 15.3. The number of ether oxygens (including phenoxy) is 1. The number of piperidine rings is 1. The smallest absolute Gasteiger partial charge is 0.230 e. The number of carbonyl (C=O) groups excluding carboxylic acids is 1. The van der Waals surface area contributed by atoms with Crippen LogP contribution in [-0.4, -0.2) is 44.6 Å². The first-order valence-corrected chi connectivity index (χ1v) is 13.4. The molecule has 1 heterocycles. The minimum absolute atomic E-state index is 0.0205. The molecule has 1 saturated carbocycles. The Balaban J connectivity index is 1.44. The molecule has 2 aromatic rings. The maximum absolute atomic E-state index is 14.5. The Hall–Kier alpha value is -1.90. The molecular weight excluding hydrogens is 437 g/mol. The average molecular weight is 464 g/mol. The van der Waals surface area contributed by atoms with Gasteiger partial charge in [0.2, 0.25) is 8.87 Å². The van der Waals surface area contributed by atoms with E-state index in [1.807, 2.05) is 4.90 Å². The van der Waals surface area contributed by atoms with Crippen molar-refractivity contribution >= 4 is 25.4 Å². The maximum Gasteiger partial charge on any atom is 0.230 e. The van der Waals surface area contributed by atoms with Gasteiger partial charge in [0.15, 0.2) is 5.78 Å². The molecule has 1 unspecified atom stereocenters. The molecule has 2 aromatic carbocycles. The summed E-state index contributed by atoms with van der Waals surface area (Å²) in [6.07, 6.45) is 3.00. The molecule has 2 fully saturated rings. The van der Waals surface area contributed by atoms with Gasteiger partial charge in [-0.2, -0.15) is 0 Å². The predicted octanol–water partition coefficient (Wildman–Crippen LogP) is 4.44. The highest BCUT2D eigenvalue weighted by Gasteiger charge is 2.40. The van der Waals surface area contributed by atoms with Gasteiger partial charge in [-0.3, -0.25) is 9.69 Å². The van der Waals surface area contributed by atoms with E-state index in [1.54, 1.807) is 42.5 Å². The maximum atomic E-state index is 14.5. The number of rotatable bonds is 8. The largest absolute Gasteiger partial charge is 0.497 e. The second kappa shape index (κ2) is 9.30. The van der Waals surface area contributed by atoms with Gasteiger partial charge in [-0.15, -0.1) is 0 Å². The van der Waals surface area contributed by atoms with Crippen LogP contribution in [0.4, 0.5) is 4.39 Å². The van der Waals surface area contributed by atoms with Crippen molar-refractivity contribution in [1.82, 2.24) is 4.90 Å². The topological polar surface area (TPSA) is 63.7 Å². The number of likely N-dealkylation sites (tertiary alicyclic amines) is 1. The fraction of sp³-hybridized carbons (Fsp3) is 0.435. The van der Waals surface area contributed by atoms with Crippen LogP contribution in [0.2, 0.25) is 0 Å². The lowest BCUT2D eigenvalue weighted by Gasteiger charge is -2.36. The molecule has 1 aliphatic heterocycles. The van der Waals surface area contributed by atoms with Gasteiger partial charge in [0.05, 0.1) is 18.0 Å². The minimum Gasteiger partial charge on any atom is -0.497 e. The molecule has 4 rings (SSSR count). The van der Waals surface area contributed by atoms with Crippen LogP contribution < -0.4 is 4.74 Å². The van der Waals surface area contributed by atoms with Crippen molar-refractivity contribution in [3.05, 3.63) is 59.9 Å². The zero-order valence-electron chi connectivity index (χ0n) is 17.4. The van der Waals surface area contributed by atoms with E-state index in [9.17, 15) is 17.6 Å². The highest BCUT2D eigenvalue weighted by Crippen LogP contribution is 2.40. The molecule has 1 aliphatic carbocycles. The van der Waals surface area contributed by atoms with E-state index in [1.165, 1.54) is 13.2 Å². The van der Waals surface area contributed by atoms with Gasteiger partial charge in [-0.05, 0) is 66.8 Å². The summed E-state index contributed by atoms with van der Waals surface area (Å²) in [7, 11) is -0.974. The first-order valence-electron chi connectivity index (χ1n) is 10.5. The lowest BCUT2D eigenvalue weighted by molar-refractivity contribution is -0.126. The predicted molar refractivity (Wildman–Crippen MR) is 119 cm³/mol. The molecule has 0 radical (unpaired) electrons. The highest BCUT2D eigenvalue weighted by atomic mass is 33.1. The fourth-order valence-electron chi connectivity index (χ4n) is 4.03. The van der Waals surface area contributed by atoms with Crippen LogP contribution in [0, 0.1) is 11.7 Å². The molecule has 2 aliphatic rings. The zero-order chi connectivity index (χ0) is 22.0. The van der Waals surface area contributed by atoms with Gasteiger partial charge in [0, 0.05) is 29.8 Å². The molecular formula is C23H26FNO4S2. The lowest BCUT2D eigenvalue weighted by atomic mass is 9.95. The summed E-state index contributed by atoms with van der Waals surface area (Å²) < 4.78 is 45.2. The van der Waals surface area contributed by atoms with Crippen LogP contribution in [0.15, 0.2) is 53.4 Å². The second-order valence-corrected chi connectivity index (χ2v) is 12.2. The SMILES string of the molecule is COc1ccc(S(=O)(=O)SC2CCN(C(C(=O)C3CC3)c3ccccc3F)CC2)cc1. The number of Topliss-reactive ketones (excluding diaryl/α,β-unsaturated/α-hetero) is 1. The number of benzene rings is 2. The standard InChI is InChI=1S/C23H26FNO4S2/c1-29-17-8-10-19(11-9-17)31(27,28)30-18-12-14-25(15-13-18)22(23(26)16-6-7-16)20-4-2-3-5-21(20)24/h2-5,8-11,16,18,22H,6-7,12-15H2,1H3. The van der Waals surface area contributed by atoms with Gasteiger partial charge in [-0.25, -0.2) is 12.8 Å². The number of halogens is 1. The molecule has 0 N–H and O–H groups in total. The first-order chi connectivity index (χ1) is 14.9. The molecule has 166 valence electrons. The van der Waals surface area contributed by atoms with Crippen molar-refractivity contribution in [3.8, 4) is 5.75 Å². The quantitative estimate of drug-likeness (QED) is 0.540. The Kier molecular flexibility index (Phi) is 6.69. The normalized spacial score (nSPS) is 19.2. The summed E-state index contributed by atoms with van der Waals surface area (Å²) in [5.74, 6) is 0.353. The third-order valence-corrected chi connectivity index (χ3v) is 9.90. The number of nitrogens with zero attached hydrogens (tertiary/aromatic N) is 1. The van der Waals surface area contributed by atoms with Crippen LogP contribution in [0.3, 0.4) is 0 Å². The summed E-state index contributed by atoms with van der Waals surface area (Å²) in [5.41, 5.74) is 0.427. The van der Waals surface area contributed by atoms with Crippen LogP contribution in [0.25, 0.3) is 0 Å². The number of carbonyl (C=O) groups is 1. The lowest BCUT2D eigenvalue weighted by Crippen LogP contribution is -2.42. The third-order valence-electron chi connectivity index (χ3n) is 5.90. The Morgan fingerprint density at radius 2 is 1.71 bits per heavy atom. The summed E-state index contributed by atoms with van der Waals surface area (Å²) >= 11 is 0. The molecule has 1 atom stereocenters. The van der Waals surface area contributed by atoms with Crippen LogP contribution in [0.5, 0.6) is 5.75 Å². The number of hydrogen-bond acceptors (Lipinski definition) is 6. The highest BCUT2D eigenvalue weighted by molar-refractivity contribution is 8.72. The van der Waals surface area contributed by atoms with Crippen LogP contribution >= 0.6 is 10.8 Å². The monoisotopic (exact) mass is 463 g/mol.